The molecule has 12 heteroatoms. The second kappa shape index (κ2) is 20.5. The molecule has 72 heavy (non-hydrogen) atoms. The van der Waals surface area contributed by atoms with Crippen molar-refractivity contribution >= 4 is 23.6 Å². The van der Waals surface area contributed by atoms with Gasteiger partial charge in [-0.2, -0.15) is 0 Å². The van der Waals surface area contributed by atoms with Crippen molar-refractivity contribution in [2.45, 2.75) is 76.1 Å². The molecular weight excluding hydrogens is 899 g/mol. The molecule has 1 aliphatic rings. The Kier molecular flexibility index (Phi) is 13.9. The van der Waals surface area contributed by atoms with Crippen LogP contribution in [0.25, 0.3) is 22.5 Å². The summed E-state index contributed by atoms with van der Waals surface area (Å²) in [7, 11) is 1.63. The molecule has 1 aliphatic heterocycles. The third-order valence-electron chi connectivity index (χ3n) is 13.2. The van der Waals surface area contributed by atoms with Crippen LogP contribution in [0.3, 0.4) is 0 Å². The average molecular weight is 958 g/mol. The number of amides is 3. The normalized spacial score (nSPS) is 15.3. The van der Waals surface area contributed by atoms with Crippen molar-refractivity contribution in [2.24, 2.45) is 5.92 Å². The zero-order valence-corrected chi connectivity index (χ0v) is 41.4. The molecule has 0 bridgehead atoms. The summed E-state index contributed by atoms with van der Waals surface area (Å²) in [5, 5.41) is 23.1. The maximum atomic E-state index is 14.6. The molecule has 7 aromatic carbocycles. The first-order chi connectivity index (χ1) is 34.7. The maximum absolute atomic E-state index is 14.6. The molecule has 9 rings (SSSR count). The van der Waals surface area contributed by atoms with E-state index in [0.717, 1.165) is 50.1 Å². The van der Waals surface area contributed by atoms with Crippen molar-refractivity contribution in [2.75, 3.05) is 12.4 Å². The number of hydrogen-bond acceptors (Lipinski definition) is 8. The highest BCUT2D eigenvalue weighted by Gasteiger charge is 2.43. The van der Waals surface area contributed by atoms with Crippen LogP contribution in [0.2, 0.25) is 0 Å². The summed E-state index contributed by atoms with van der Waals surface area (Å²) in [6.45, 7) is 8.85. The van der Waals surface area contributed by atoms with Crippen LogP contribution >= 0.6 is 0 Å². The molecule has 0 aliphatic carbocycles. The highest BCUT2D eigenvalue weighted by molar-refractivity contribution is 5.99. The summed E-state index contributed by atoms with van der Waals surface area (Å²) in [6.07, 6.45) is -0.289. The number of fused-ring (bicyclic) bond motifs is 1. The summed E-state index contributed by atoms with van der Waals surface area (Å²) >= 11 is 0. The van der Waals surface area contributed by atoms with Crippen LogP contribution in [0.4, 0.5) is 10.5 Å². The molecule has 0 fully saturated rings. The number of nitrogens with one attached hydrogen (secondary N) is 3. The van der Waals surface area contributed by atoms with Gasteiger partial charge in [-0.3, -0.25) is 9.59 Å². The Bertz CT molecular complexity index is 3060. The molecular formula is C60H59N7O5. The van der Waals surface area contributed by atoms with Gasteiger partial charge in [-0.25, -0.2) is 9.48 Å². The van der Waals surface area contributed by atoms with E-state index in [0.29, 0.717) is 23.7 Å². The molecule has 0 spiro atoms. The second-order valence-corrected chi connectivity index (χ2v) is 19.9. The molecule has 3 N–H and O–H groups in total. The van der Waals surface area contributed by atoms with Crippen molar-refractivity contribution in [1.82, 2.24) is 30.8 Å². The number of carbonyl (C=O) groups excluding carboxylic acids is 3. The molecule has 12 nitrogen and oxygen atoms in total. The fourth-order valence-electron chi connectivity index (χ4n) is 10.1. The van der Waals surface area contributed by atoms with E-state index in [1.165, 1.54) is 0 Å². The monoisotopic (exact) mass is 957 g/mol. The van der Waals surface area contributed by atoms with Crippen LogP contribution in [0, 0.1) is 5.92 Å². The van der Waals surface area contributed by atoms with Crippen molar-refractivity contribution in [1.29, 1.82) is 0 Å². The van der Waals surface area contributed by atoms with Gasteiger partial charge in [-0.1, -0.05) is 170 Å². The third-order valence-corrected chi connectivity index (χ3v) is 13.2. The summed E-state index contributed by atoms with van der Waals surface area (Å²) in [5.41, 5.74) is 6.49. The van der Waals surface area contributed by atoms with Crippen LogP contribution in [0.1, 0.15) is 80.3 Å². The molecule has 2 heterocycles. The van der Waals surface area contributed by atoms with Crippen LogP contribution in [-0.4, -0.2) is 62.4 Å². The molecule has 0 saturated heterocycles. The van der Waals surface area contributed by atoms with Gasteiger partial charge in [-0.15, -0.1) is 5.10 Å². The first-order valence-corrected chi connectivity index (χ1v) is 24.2. The lowest BCUT2D eigenvalue weighted by Gasteiger charge is -2.36. The maximum Gasteiger partial charge on any atom is 0.408 e. The quantitative estimate of drug-likeness (QED) is 0.0912. The fraction of sp³-hybridized carbons (Fsp3) is 0.233. The van der Waals surface area contributed by atoms with Crippen LogP contribution in [0.5, 0.6) is 5.75 Å². The predicted molar refractivity (Wildman–Crippen MR) is 280 cm³/mol. The van der Waals surface area contributed by atoms with E-state index in [9.17, 15) is 14.4 Å². The Balaban J connectivity index is 1.13. The summed E-state index contributed by atoms with van der Waals surface area (Å²) in [5.74, 6) is -0.338. The van der Waals surface area contributed by atoms with E-state index < -0.39 is 46.6 Å². The molecule has 0 radical (unpaired) electrons. The summed E-state index contributed by atoms with van der Waals surface area (Å²) in [4.78, 5) is 41.6. The van der Waals surface area contributed by atoms with Gasteiger partial charge in [0.25, 0.3) is 0 Å². The molecule has 0 saturated carbocycles. The van der Waals surface area contributed by atoms with Crippen LogP contribution < -0.4 is 20.7 Å². The van der Waals surface area contributed by atoms with E-state index in [1.54, 1.807) is 41.7 Å². The Labute approximate surface area is 420 Å². The van der Waals surface area contributed by atoms with Crippen LogP contribution in [0.15, 0.2) is 188 Å². The zero-order chi connectivity index (χ0) is 50.5. The van der Waals surface area contributed by atoms with Crippen LogP contribution in [-0.2, 0) is 26.3 Å². The molecule has 3 amide bonds. The zero-order valence-electron chi connectivity index (χ0n) is 41.4. The van der Waals surface area contributed by atoms with E-state index >= 15 is 0 Å². The summed E-state index contributed by atoms with van der Waals surface area (Å²) < 4.78 is 13.0. The summed E-state index contributed by atoms with van der Waals surface area (Å²) in [6, 6.07) is 62.2. The van der Waals surface area contributed by atoms with Gasteiger partial charge in [-0.05, 0) is 114 Å². The highest BCUT2D eigenvalue weighted by atomic mass is 16.6. The average Bonchev–Trinajstić information content (AvgIpc) is 3.82. The van der Waals surface area contributed by atoms with Gasteiger partial charge in [0.15, 0.2) is 5.82 Å². The van der Waals surface area contributed by atoms with E-state index in [-0.39, 0.29) is 12.3 Å². The number of aromatic nitrogens is 4. The Morgan fingerprint density at radius 1 is 0.681 bits per heavy atom. The Hall–Kier alpha value is -8.38. The highest BCUT2D eigenvalue weighted by Crippen LogP contribution is 2.45. The fourth-order valence-corrected chi connectivity index (χ4v) is 10.1. The minimum Gasteiger partial charge on any atom is -0.497 e. The van der Waals surface area contributed by atoms with E-state index in [1.807, 2.05) is 120 Å². The SMILES string of the molecule is COc1ccc(C(c2ccc(-c3ccccc3-c3nnnn3C(c3ccccc3)(c3ccccc3)c3ccccc3)cc2)C2Cc3ccccc3NC(=O)C2NC(=O)CC(C)(C)NC(=O)OC(C)(C)C)cc1. The van der Waals surface area contributed by atoms with Gasteiger partial charge < -0.3 is 25.4 Å². The lowest BCUT2D eigenvalue weighted by molar-refractivity contribution is -0.128. The number of tetrazole rings is 1. The topological polar surface area (TPSA) is 149 Å². The number of hydrogen-bond donors (Lipinski definition) is 3. The predicted octanol–water partition coefficient (Wildman–Crippen LogP) is 11.0. The van der Waals surface area contributed by atoms with Crippen molar-refractivity contribution < 1.29 is 23.9 Å². The van der Waals surface area contributed by atoms with Crippen molar-refractivity contribution in [3.63, 3.8) is 0 Å². The van der Waals surface area contributed by atoms with Crippen molar-refractivity contribution in [3.8, 4) is 28.3 Å². The minimum absolute atomic E-state index is 0.108. The number of carbonyl (C=O) groups is 3. The molecule has 1 aromatic heterocycles. The Morgan fingerprint density at radius 2 is 1.21 bits per heavy atom. The van der Waals surface area contributed by atoms with Crippen molar-refractivity contribution in [3.05, 3.63) is 221 Å². The minimum atomic E-state index is -0.997. The molecule has 8 aromatic rings. The number of alkyl carbamates (subject to hydrolysis) is 1. The number of ether oxygens (including phenoxy) is 2. The lowest BCUT2D eigenvalue weighted by atomic mass is 9.74. The number of benzene rings is 7. The lowest BCUT2D eigenvalue weighted by Crippen LogP contribution is -2.53. The Morgan fingerprint density at radius 3 is 1.78 bits per heavy atom. The molecule has 3 unspecified atom stereocenters. The molecule has 3 atom stereocenters. The molecule has 364 valence electrons. The van der Waals surface area contributed by atoms with Gasteiger partial charge in [0, 0.05) is 35.0 Å². The second-order valence-electron chi connectivity index (χ2n) is 19.9. The van der Waals surface area contributed by atoms with Gasteiger partial charge in [0.05, 0.1) is 7.11 Å². The van der Waals surface area contributed by atoms with E-state index in [2.05, 4.69) is 94.0 Å². The number of nitrogens with zero attached hydrogens (tertiary/aromatic N) is 4. The number of rotatable bonds is 14. The first-order valence-electron chi connectivity index (χ1n) is 24.2. The third kappa shape index (κ3) is 10.3. The first kappa shape index (κ1) is 48.6. The number of anilines is 1. The smallest absolute Gasteiger partial charge is 0.408 e. The van der Waals surface area contributed by atoms with E-state index in [4.69, 9.17) is 19.8 Å². The van der Waals surface area contributed by atoms with Gasteiger partial charge in [0.1, 0.15) is 22.9 Å². The van der Waals surface area contributed by atoms with Gasteiger partial charge in [0.2, 0.25) is 11.8 Å². The van der Waals surface area contributed by atoms with Gasteiger partial charge >= 0.3 is 6.09 Å². The largest absolute Gasteiger partial charge is 0.497 e. The standard InChI is InChI=1S/C60H59N7O5/c1-58(2,3)72-57(70)63-59(4,5)39-52(68)62-54-50(38-43-20-16-19-29-51(43)61-56(54)69)53(42-34-36-47(71-6)37-35-42)41-32-30-40(31-33-41)48-27-17-18-28-49(48)55-64-65-66-67(55)60(44-21-10-7-11-22-44,45-23-12-8-13-24-45)46-25-14-9-15-26-46/h7-37,50,53-54H,38-39H2,1-6H3,(H,61,69)(H,62,68)(H,63,70). The number of para-hydroxylation sites is 1. The number of methoxy groups -OCH3 is 1.